The lowest BCUT2D eigenvalue weighted by Crippen LogP contribution is -2.48. The molecule has 0 spiro atoms. The van der Waals surface area contributed by atoms with E-state index in [0.717, 1.165) is 12.1 Å². The molecule has 0 saturated carbocycles. The van der Waals surface area contributed by atoms with Crippen molar-refractivity contribution in [1.29, 1.82) is 0 Å². The first-order valence-electron chi connectivity index (χ1n) is 11.3. The van der Waals surface area contributed by atoms with Gasteiger partial charge in [0.05, 0.1) is 10.9 Å². The van der Waals surface area contributed by atoms with Gasteiger partial charge >= 0.3 is 0 Å². The average Bonchev–Trinajstić information content (AvgIpc) is 2.85. The Hall–Kier alpha value is -2.71. The highest BCUT2D eigenvalue weighted by Gasteiger charge is 2.29. The van der Waals surface area contributed by atoms with Gasteiger partial charge in [-0.05, 0) is 48.4 Å². The highest BCUT2D eigenvalue weighted by Crippen LogP contribution is 2.21. The molecular weight excluding hydrogens is 470 g/mol. The van der Waals surface area contributed by atoms with Gasteiger partial charge in [-0.2, -0.15) is 4.31 Å². The molecule has 178 valence electrons. The Kier molecular flexibility index (Phi) is 7.68. The molecule has 4 rings (SSSR count). The van der Waals surface area contributed by atoms with Gasteiger partial charge in [0.25, 0.3) is 5.91 Å². The van der Waals surface area contributed by atoms with Crippen LogP contribution in [0.3, 0.4) is 0 Å². The first-order chi connectivity index (χ1) is 16.3. The van der Waals surface area contributed by atoms with E-state index in [2.05, 4.69) is 22.3 Å². The molecule has 0 aliphatic carbocycles. The maximum absolute atomic E-state index is 13.3. The van der Waals surface area contributed by atoms with Crippen LogP contribution < -0.4 is 5.32 Å². The van der Waals surface area contributed by atoms with E-state index in [1.165, 1.54) is 15.9 Å². The molecule has 0 unspecified atom stereocenters. The standard InChI is InChI=1S/C26H28ClN3O3S/c1-20(22-10-12-24(27)13-11-22)28-26(31)23-8-5-9-25(18-23)34(32,33)30-16-14-29(15-17-30)19-21-6-3-2-4-7-21/h2-13,18,20H,14-17,19H2,1H3,(H,28,31)/t20-/m1/s1. The molecule has 1 aliphatic rings. The lowest BCUT2D eigenvalue weighted by molar-refractivity contribution is 0.0939. The fourth-order valence-electron chi connectivity index (χ4n) is 4.03. The summed E-state index contributed by atoms with van der Waals surface area (Å²) in [6, 6.07) is 23.4. The van der Waals surface area contributed by atoms with Crippen molar-refractivity contribution in [3.8, 4) is 0 Å². The van der Waals surface area contributed by atoms with Gasteiger partial charge in [0.2, 0.25) is 10.0 Å². The molecule has 3 aromatic rings. The molecule has 8 heteroatoms. The molecule has 1 aliphatic heterocycles. The van der Waals surface area contributed by atoms with Crippen LogP contribution in [0, 0.1) is 0 Å². The maximum atomic E-state index is 13.3. The summed E-state index contributed by atoms with van der Waals surface area (Å²) in [5.41, 5.74) is 2.44. The lowest BCUT2D eigenvalue weighted by Gasteiger charge is -2.34. The third-order valence-corrected chi connectivity index (χ3v) is 8.18. The van der Waals surface area contributed by atoms with E-state index in [0.29, 0.717) is 36.8 Å². The lowest BCUT2D eigenvalue weighted by atomic mass is 10.1. The number of sulfonamides is 1. The fourth-order valence-corrected chi connectivity index (χ4v) is 5.63. The van der Waals surface area contributed by atoms with Crippen LogP contribution in [0.15, 0.2) is 83.8 Å². The van der Waals surface area contributed by atoms with Gasteiger partial charge in [-0.25, -0.2) is 8.42 Å². The van der Waals surface area contributed by atoms with Crippen molar-refractivity contribution in [2.75, 3.05) is 26.2 Å². The number of rotatable bonds is 7. The van der Waals surface area contributed by atoms with Gasteiger partial charge in [0.15, 0.2) is 0 Å². The number of carbonyl (C=O) groups excluding carboxylic acids is 1. The average molecular weight is 498 g/mol. The predicted molar refractivity (Wildman–Crippen MR) is 134 cm³/mol. The Balaban J connectivity index is 1.40. The van der Waals surface area contributed by atoms with E-state index >= 15 is 0 Å². The second kappa shape index (κ2) is 10.7. The van der Waals surface area contributed by atoms with E-state index in [-0.39, 0.29) is 16.8 Å². The van der Waals surface area contributed by atoms with Crippen LogP contribution in [0.2, 0.25) is 5.02 Å². The first kappa shape index (κ1) is 24.4. The summed E-state index contributed by atoms with van der Waals surface area (Å²) in [6.07, 6.45) is 0. The zero-order chi connectivity index (χ0) is 24.1. The van der Waals surface area contributed by atoms with Crippen LogP contribution in [-0.2, 0) is 16.6 Å². The van der Waals surface area contributed by atoms with Crippen molar-refractivity contribution in [2.24, 2.45) is 0 Å². The molecule has 1 amide bonds. The number of amides is 1. The molecule has 6 nitrogen and oxygen atoms in total. The van der Waals surface area contributed by atoms with Gasteiger partial charge in [-0.1, -0.05) is 60.1 Å². The fraction of sp³-hybridized carbons (Fsp3) is 0.269. The SMILES string of the molecule is C[C@@H](NC(=O)c1cccc(S(=O)(=O)N2CCN(Cc3ccccc3)CC2)c1)c1ccc(Cl)cc1. The topological polar surface area (TPSA) is 69.7 Å². The number of hydrogen-bond donors (Lipinski definition) is 1. The second-order valence-corrected chi connectivity index (χ2v) is 10.8. The second-order valence-electron chi connectivity index (χ2n) is 8.44. The van der Waals surface area contributed by atoms with E-state index in [9.17, 15) is 13.2 Å². The minimum atomic E-state index is -3.69. The maximum Gasteiger partial charge on any atom is 0.251 e. The monoisotopic (exact) mass is 497 g/mol. The Morgan fingerprint density at radius 2 is 1.62 bits per heavy atom. The zero-order valence-electron chi connectivity index (χ0n) is 19.0. The van der Waals surface area contributed by atoms with E-state index in [1.807, 2.05) is 37.3 Å². The van der Waals surface area contributed by atoms with Gasteiger partial charge in [0, 0.05) is 43.3 Å². The molecule has 0 bridgehead atoms. The van der Waals surface area contributed by atoms with Gasteiger partial charge in [0.1, 0.15) is 0 Å². The molecule has 1 N–H and O–H groups in total. The van der Waals surface area contributed by atoms with E-state index in [1.54, 1.807) is 30.3 Å². The van der Waals surface area contributed by atoms with E-state index in [4.69, 9.17) is 11.6 Å². The number of benzene rings is 3. The summed E-state index contributed by atoms with van der Waals surface area (Å²) in [4.78, 5) is 15.2. The normalized spacial score (nSPS) is 16.2. The summed E-state index contributed by atoms with van der Waals surface area (Å²) in [7, 11) is -3.69. The van der Waals surface area contributed by atoms with Crippen LogP contribution >= 0.6 is 11.6 Å². The highest BCUT2D eigenvalue weighted by atomic mass is 35.5. The Morgan fingerprint density at radius 1 is 0.941 bits per heavy atom. The summed E-state index contributed by atoms with van der Waals surface area (Å²) in [6.45, 7) is 4.82. The van der Waals surface area contributed by atoms with E-state index < -0.39 is 10.0 Å². The van der Waals surface area contributed by atoms with Crippen molar-refractivity contribution in [3.63, 3.8) is 0 Å². The quantitative estimate of drug-likeness (QED) is 0.527. The summed E-state index contributed by atoms with van der Waals surface area (Å²) in [5, 5.41) is 3.55. The van der Waals surface area contributed by atoms with Crippen LogP contribution in [0.4, 0.5) is 0 Å². The molecule has 0 radical (unpaired) electrons. The molecule has 1 heterocycles. The largest absolute Gasteiger partial charge is 0.346 e. The minimum Gasteiger partial charge on any atom is -0.346 e. The van der Waals surface area contributed by atoms with Crippen molar-refractivity contribution in [3.05, 3.63) is 101 Å². The highest BCUT2D eigenvalue weighted by molar-refractivity contribution is 7.89. The molecule has 1 fully saturated rings. The molecular formula is C26H28ClN3O3S. The van der Waals surface area contributed by atoms with Crippen molar-refractivity contribution < 1.29 is 13.2 Å². The van der Waals surface area contributed by atoms with Gasteiger partial charge in [-0.3, -0.25) is 9.69 Å². The third-order valence-electron chi connectivity index (χ3n) is 6.03. The first-order valence-corrected chi connectivity index (χ1v) is 13.1. The minimum absolute atomic E-state index is 0.135. The molecule has 1 atom stereocenters. The molecule has 0 aromatic heterocycles. The summed E-state index contributed by atoms with van der Waals surface area (Å²) >= 11 is 5.94. The number of hydrogen-bond acceptors (Lipinski definition) is 4. The number of piperazine rings is 1. The van der Waals surface area contributed by atoms with Crippen molar-refractivity contribution in [1.82, 2.24) is 14.5 Å². The number of carbonyl (C=O) groups is 1. The van der Waals surface area contributed by atoms with Crippen molar-refractivity contribution in [2.45, 2.75) is 24.4 Å². The van der Waals surface area contributed by atoms with Gasteiger partial charge < -0.3 is 5.32 Å². The Morgan fingerprint density at radius 3 is 2.29 bits per heavy atom. The molecule has 1 saturated heterocycles. The summed E-state index contributed by atoms with van der Waals surface area (Å²) < 4.78 is 28.0. The third kappa shape index (κ3) is 5.85. The Labute approximate surface area is 206 Å². The van der Waals surface area contributed by atoms with Crippen LogP contribution in [-0.4, -0.2) is 49.7 Å². The number of halogens is 1. The summed E-state index contributed by atoms with van der Waals surface area (Å²) in [5.74, 6) is -0.327. The smallest absolute Gasteiger partial charge is 0.251 e. The number of nitrogens with one attached hydrogen (secondary N) is 1. The Bertz CT molecular complexity index is 1230. The van der Waals surface area contributed by atoms with Crippen LogP contribution in [0.25, 0.3) is 0 Å². The zero-order valence-corrected chi connectivity index (χ0v) is 20.6. The van der Waals surface area contributed by atoms with Crippen LogP contribution in [0.5, 0.6) is 0 Å². The predicted octanol–water partition coefficient (Wildman–Crippen LogP) is 4.34. The molecule has 34 heavy (non-hydrogen) atoms. The van der Waals surface area contributed by atoms with Gasteiger partial charge in [-0.15, -0.1) is 0 Å². The van der Waals surface area contributed by atoms with Crippen molar-refractivity contribution >= 4 is 27.5 Å². The van der Waals surface area contributed by atoms with Crippen LogP contribution in [0.1, 0.15) is 34.5 Å². The molecule has 3 aromatic carbocycles. The number of nitrogens with zero attached hydrogens (tertiary/aromatic N) is 2.